The number of carbonyl (C=O) groups excluding carboxylic acids is 2. The third kappa shape index (κ3) is 3.28. The molecule has 0 saturated carbocycles. The van der Waals surface area contributed by atoms with Gasteiger partial charge in [-0.2, -0.15) is 0 Å². The molecule has 9 nitrogen and oxygen atoms in total. The first-order chi connectivity index (χ1) is 8.45. The topological polar surface area (TPSA) is 147 Å². The Morgan fingerprint density at radius 3 is 2.67 bits per heavy atom. The smallest absolute Gasteiger partial charge is 0.328 e. The maximum Gasteiger partial charge on any atom is 0.328 e. The summed E-state index contributed by atoms with van der Waals surface area (Å²) in [4.78, 5) is 46.5. The van der Waals surface area contributed by atoms with Crippen LogP contribution in [0.25, 0.3) is 0 Å². The fraction of sp³-hybridized carbons (Fsp3) is 0.333. The number of primary amides is 1. The molecule has 0 bridgehead atoms. The second-order valence-electron chi connectivity index (χ2n) is 3.39. The highest BCUT2D eigenvalue weighted by Crippen LogP contribution is 1.90. The number of carbonyl (C=O) groups is 2. The van der Waals surface area contributed by atoms with Gasteiger partial charge in [0.05, 0.1) is 0 Å². The Morgan fingerprint density at radius 2 is 2.11 bits per heavy atom. The average Bonchev–Trinajstić information content (AvgIpc) is 2.26. The zero-order valence-electron chi connectivity index (χ0n) is 9.30. The summed E-state index contributed by atoms with van der Waals surface area (Å²) >= 11 is 0. The first kappa shape index (κ1) is 13.6. The van der Waals surface area contributed by atoms with Crippen molar-refractivity contribution >= 4 is 11.9 Å². The summed E-state index contributed by atoms with van der Waals surface area (Å²) in [6.07, 6.45) is 1.29. The quantitative estimate of drug-likeness (QED) is 0.479. The summed E-state index contributed by atoms with van der Waals surface area (Å²) < 4.78 is 1.05. The highest BCUT2D eigenvalue weighted by molar-refractivity contribution is 6.03. The van der Waals surface area contributed by atoms with Crippen LogP contribution in [0.4, 0.5) is 4.79 Å². The van der Waals surface area contributed by atoms with E-state index < -0.39 is 28.8 Å². The lowest BCUT2D eigenvalue weighted by molar-refractivity contribution is 0.0963. The van der Waals surface area contributed by atoms with E-state index in [1.807, 2.05) is 4.98 Å². The number of nitrogens with one attached hydrogen (secondary N) is 2. The average molecular weight is 256 g/mol. The van der Waals surface area contributed by atoms with Crippen LogP contribution in [0.2, 0.25) is 0 Å². The molecule has 1 heterocycles. The van der Waals surface area contributed by atoms with Crippen molar-refractivity contribution in [1.29, 1.82) is 0 Å². The van der Waals surface area contributed by atoms with Crippen molar-refractivity contribution in [3.63, 3.8) is 0 Å². The molecular weight excluding hydrogens is 244 g/mol. The summed E-state index contributed by atoms with van der Waals surface area (Å²) in [6, 6.07) is -1.10. The number of aromatic nitrogens is 2. The van der Waals surface area contributed by atoms with Gasteiger partial charge >= 0.3 is 11.7 Å². The standard InChI is InChI=1S/C9H12N4O5/c10-8(17)11-6(15)5-4-13(2-1-3-14)9(18)12-7(5)16/h4,14H,1-3H2,(H,12,16,18)(H3,10,11,15,17). The van der Waals surface area contributed by atoms with Gasteiger partial charge in [0.1, 0.15) is 5.56 Å². The van der Waals surface area contributed by atoms with Crippen molar-refractivity contribution in [3.8, 4) is 0 Å². The van der Waals surface area contributed by atoms with E-state index in [2.05, 4.69) is 0 Å². The van der Waals surface area contributed by atoms with Crippen molar-refractivity contribution in [2.24, 2.45) is 5.73 Å². The molecule has 0 unspecified atom stereocenters. The number of aliphatic hydroxyl groups excluding tert-OH is 1. The number of nitrogens with two attached hydrogens (primary N) is 1. The first-order valence-corrected chi connectivity index (χ1v) is 5.01. The van der Waals surface area contributed by atoms with Gasteiger partial charge in [-0.15, -0.1) is 0 Å². The minimum atomic E-state index is -1.10. The van der Waals surface area contributed by atoms with Crippen LogP contribution in [0, 0.1) is 0 Å². The monoisotopic (exact) mass is 256 g/mol. The molecule has 0 aliphatic heterocycles. The van der Waals surface area contributed by atoms with Gasteiger partial charge in [-0.1, -0.05) is 0 Å². The van der Waals surface area contributed by atoms with Crippen molar-refractivity contribution in [2.45, 2.75) is 13.0 Å². The molecule has 0 aliphatic carbocycles. The van der Waals surface area contributed by atoms with E-state index in [4.69, 9.17) is 10.8 Å². The third-order valence-corrected chi connectivity index (χ3v) is 2.05. The van der Waals surface area contributed by atoms with Crippen LogP contribution >= 0.6 is 0 Å². The number of aryl methyl sites for hydroxylation is 1. The Balaban J connectivity index is 3.12. The molecule has 0 saturated heterocycles. The van der Waals surface area contributed by atoms with Gasteiger partial charge in [-0.05, 0) is 6.42 Å². The molecular formula is C9H12N4O5. The van der Waals surface area contributed by atoms with E-state index in [0.29, 0.717) is 0 Å². The number of aliphatic hydroxyl groups is 1. The van der Waals surface area contributed by atoms with E-state index in [0.717, 1.165) is 10.8 Å². The highest BCUT2D eigenvalue weighted by atomic mass is 16.3. The van der Waals surface area contributed by atoms with Gasteiger partial charge < -0.3 is 10.8 Å². The predicted molar refractivity (Wildman–Crippen MR) is 60.1 cm³/mol. The lowest BCUT2D eigenvalue weighted by Gasteiger charge is -2.05. The second-order valence-corrected chi connectivity index (χ2v) is 3.39. The minimum Gasteiger partial charge on any atom is -0.396 e. The number of hydrogen-bond donors (Lipinski definition) is 4. The van der Waals surface area contributed by atoms with Gasteiger partial charge in [-0.3, -0.25) is 24.5 Å². The van der Waals surface area contributed by atoms with Gasteiger partial charge in [0, 0.05) is 19.3 Å². The highest BCUT2D eigenvalue weighted by Gasteiger charge is 2.14. The Hall–Kier alpha value is -2.42. The van der Waals surface area contributed by atoms with E-state index in [-0.39, 0.29) is 19.6 Å². The molecule has 98 valence electrons. The van der Waals surface area contributed by atoms with Crippen LogP contribution in [0.3, 0.4) is 0 Å². The molecule has 0 radical (unpaired) electrons. The van der Waals surface area contributed by atoms with Gasteiger partial charge in [-0.25, -0.2) is 9.59 Å². The lowest BCUT2D eigenvalue weighted by Crippen LogP contribution is -2.41. The Kier molecular flexibility index (Phi) is 4.38. The molecule has 0 atom stereocenters. The SMILES string of the molecule is NC(=O)NC(=O)c1cn(CCCO)c(=O)[nH]c1=O. The van der Waals surface area contributed by atoms with Crippen molar-refractivity contribution in [2.75, 3.05) is 6.61 Å². The number of hydrogen-bond acceptors (Lipinski definition) is 5. The number of H-pyrrole nitrogens is 1. The summed E-state index contributed by atoms with van der Waals surface area (Å²) in [7, 11) is 0. The van der Waals surface area contributed by atoms with E-state index in [1.54, 1.807) is 5.32 Å². The van der Waals surface area contributed by atoms with Crippen molar-refractivity contribution in [1.82, 2.24) is 14.9 Å². The molecule has 9 heteroatoms. The number of urea groups is 1. The minimum absolute atomic E-state index is 0.128. The van der Waals surface area contributed by atoms with Crippen LogP contribution in [0.5, 0.6) is 0 Å². The van der Waals surface area contributed by atoms with Crippen LogP contribution in [-0.4, -0.2) is 33.2 Å². The fourth-order valence-electron chi connectivity index (χ4n) is 1.26. The predicted octanol–water partition coefficient (Wildman–Crippen LogP) is -2.27. The maximum absolute atomic E-state index is 11.4. The van der Waals surface area contributed by atoms with E-state index in [1.165, 1.54) is 0 Å². The molecule has 0 fully saturated rings. The van der Waals surface area contributed by atoms with Gasteiger partial charge in [0.2, 0.25) is 0 Å². The second kappa shape index (κ2) is 5.77. The number of nitrogens with zero attached hydrogens (tertiary/aromatic N) is 1. The van der Waals surface area contributed by atoms with Crippen molar-refractivity contribution in [3.05, 3.63) is 32.6 Å². The maximum atomic E-state index is 11.4. The molecule has 5 N–H and O–H groups in total. The Morgan fingerprint density at radius 1 is 1.44 bits per heavy atom. The molecule has 18 heavy (non-hydrogen) atoms. The molecule has 1 rings (SSSR count). The first-order valence-electron chi connectivity index (χ1n) is 5.01. The molecule has 1 aromatic heterocycles. The zero-order valence-corrected chi connectivity index (χ0v) is 9.30. The molecule has 0 spiro atoms. The summed E-state index contributed by atoms with van der Waals surface area (Å²) in [5.74, 6) is -0.999. The Labute approximate surface area is 100 Å². The van der Waals surface area contributed by atoms with Crippen molar-refractivity contribution < 1.29 is 14.7 Å². The number of amides is 3. The normalized spacial score (nSPS) is 10.1. The van der Waals surface area contributed by atoms with Crippen LogP contribution in [0.15, 0.2) is 15.8 Å². The van der Waals surface area contributed by atoms with Gasteiger partial charge in [0.15, 0.2) is 0 Å². The summed E-state index contributed by atoms with van der Waals surface area (Å²) in [6.45, 7) is -0.0165. The number of rotatable bonds is 4. The van der Waals surface area contributed by atoms with Crippen LogP contribution < -0.4 is 22.3 Å². The summed E-state index contributed by atoms with van der Waals surface area (Å²) in [5.41, 5.74) is 2.71. The van der Waals surface area contributed by atoms with E-state index in [9.17, 15) is 19.2 Å². The number of imide groups is 1. The zero-order chi connectivity index (χ0) is 13.7. The van der Waals surface area contributed by atoms with Crippen LogP contribution in [0.1, 0.15) is 16.8 Å². The molecule has 1 aromatic rings. The fourth-order valence-corrected chi connectivity index (χ4v) is 1.26. The molecule has 0 aromatic carbocycles. The van der Waals surface area contributed by atoms with E-state index >= 15 is 0 Å². The largest absolute Gasteiger partial charge is 0.396 e. The molecule has 3 amide bonds. The lowest BCUT2D eigenvalue weighted by atomic mass is 10.3. The Bertz CT molecular complexity index is 573. The number of aromatic amines is 1. The third-order valence-electron chi connectivity index (χ3n) is 2.05. The molecule has 0 aliphatic rings. The van der Waals surface area contributed by atoms with Gasteiger partial charge in [0.25, 0.3) is 11.5 Å². The summed E-state index contributed by atoms with van der Waals surface area (Å²) in [5, 5.41) is 10.4. The van der Waals surface area contributed by atoms with Crippen LogP contribution in [-0.2, 0) is 6.54 Å².